The summed E-state index contributed by atoms with van der Waals surface area (Å²) in [6.45, 7) is 2.05. The van der Waals surface area contributed by atoms with E-state index in [0.29, 0.717) is 11.4 Å². The Morgan fingerprint density at radius 1 is 1.15 bits per heavy atom. The molecule has 0 saturated heterocycles. The second-order valence-corrected chi connectivity index (χ2v) is 5.62. The van der Waals surface area contributed by atoms with Crippen molar-refractivity contribution in [2.24, 2.45) is 0 Å². The molecule has 2 N–H and O–H groups in total. The largest absolute Gasteiger partial charge is 0.399 e. The number of nitrogens with zero attached hydrogens (tertiary/aromatic N) is 1. The second kappa shape index (κ2) is 6.48. The standard InChI is InChI=1S/C16H18N2OS/c1-12-5-3-4-6-15(12)20-11-16(19)18(2)14-9-7-13(17)8-10-14/h3-10H,11,17H2,1-2H3. The lowest BCUT2D eigenvalue weighted by atomic mass is 10.2. The molecule has 0 atom stereocenters. The van der Waals surface area contributed by atoms with Crippen molar-refractivity contribution < 1.29 is 4.79 Å². The summed E-state index contributed by atoms with van der Waals surface area (Å²) in [6, 6.07) is 15.4. The highest BCUT2D eigenvalue weighted by Gasteiger charge is 2.11. The molecule has 3 nitrogen and oxygen atoms in total. The fourth-order valence-electron chi connectivity index (χ4n) is 1.80. The fraction of sp³-hybridized carbons (Fsp3) is 0.188. The molecule has 0 aromatic heterocycles. The van der Waals surface area contributed by atoms with Gasteiger partial charge in [-0.3, -0.25) is 4.79 Å². The summed E-state index contributed by atoms with van der Waals surface area (Å²) in [5.74, 6) is 0.495. The highest BCUT2D eigenvalue weighted by Crippen LogP contribution is 2.23. The van der Waals surface area contributed by atoms with Gasteiger partial charge in [0.2, 0.25) is 5.91 Å². The van der Waals surface area contributed by atoms with Crippen molar-refractivity contribution in [1.82, 2.24) is 0 Å². The van der Waals surface area contributed by atoms with E-state index in [2.05, 4.69) is 13.0 Å². The van der Waals surface area contributed by atoms with Crippen LogP contribution in [0, 0.1) is 6.92 Å². The number of benzene rings is 2. The highest BCUT2D eigenvalue weighted by molar-refractivity contribution is 8.00. The third-order valence-electron chi connectivity index (χ3n) is 3.10. The van der Waals surface area contributed by atoms with Crippen LogP contribution >= 0.6 is 11.8 Å². The number of nitrogen functional groups attached to an aromatic ring is 1. The number of hydrogen-bond donors (Lipinski definition) is 1. The molecule has 0 aliphatic carbocycles. The smallest absolute Gasteiger partial charge is 0.237 e. The maximum atomic E-state index is 12.2. The van der Waals surface area contributed by atoms with Crippen LogP contribution in [0.5, 0.6) is 0 Å². The van der Waals surface area contributed by atoms with E-state index in [9.17, 15) is 4.79 Å². The van der Waals surface area contributed by atoms with E-state index in [1.165, 1.54) is 5.56 Å². The lowest BCUT2D eigenvalue weighted by molar-refractivity contribution is -0.115. The number of thioether (sulfide) groups is 1. The first-order valence-electron chi connectivity index (χ1n) is 6.38. The van der Waals surface area contributed by atoms with E-state index in [0.717, 1.165) is 10.6 Å². The molecule has 0 radical (unpaired) electrons. The lowest BCUT2D eigenvalue weighted by Gasteiger charge is -2.17. The number of rotatable bonds is 4. The summed E-state index contributed by atoms with van der Waals surface area (Å²) in [4.78, 5) is 15.0. The van der Waals surface area contributed by atoms with Gasteiger partial charge in [0.05, 0.1) is 5.75 Å². The molecule has 0 aliphatic rings. The van der Waals surface area contributed by atoms with Gasteiger partial charge in [0, 0.05) is 23.3 Å². The summed E-state index contributed by atoms with van der Waals surface area (Å²) >= 11 is 1.57. The first-order valence-corrected chi connectivity index (χ1v) is 7.37. The Balaban J connectivity index is 1.98. The number of aryl methyl sites for hydroxylation is 1. The van der Waals surface area contributed by atoms with Gasteiger partial charge in [-0.05, 0) is 42.8 Å². The molecule has 4 heteroatoms. The minimum absolute atomic E-state index is 0.0722. The number of amides is 1. The van der Waals surface area contributed by atoms with Crippen LogP contribution in [0.15, 0.2) is 53.4 Å². The maximum Gasteiger partial charge on any atom is 0.237 e. The predicted molar refractivity (Wildman–Crippen MR) is 86.2 cm³/mol. The Hall–Kier alpha value is -1.94. The summed E-state index contributed by atoms with van der Waals surface area (Å²) in [7, 11) is 1.78. The molecule has 1 amide bonds. The van der Waals surface area contributed by atoms with E-state index in [1.54, 1.807) is 35.8 Å². The van der Waals surface area contributed by atoms with Gasteiger partial charge in [-0.2, -0.15) is 0 Å². The summed E-state index contributed by atoms with van der Waals surface area (Å²) in [5.41, 5.74) is 8.40. The van der Waals surface area contributed by atoms with Crippen LogP contribution in [0.3, 0.4) is 0 Å². The van der Waals surface area contributed by atoms with Crippen LogP contribution in [-0.2, 0) is 4.79 Å². The second-order valence-electron chi connectivity index (χ2n) is 4.60. The predicted octanol–water partition coefficient (Wildman–Crippen LogP) is 3.33. The average Bonchev–Trinajstić information content (AvgIpc) is 2.46. The molecule has 104 valence electrons. The first-order chi connectivity index (χ1) is 9.58. The van der Waals surface area contributed by atoms with Crippen molar-refractivity contribution in [2.45, 2.75) is 11.8 Å². The molecule has 0 saturated carbocycles. The van der Waals surface area contributed by atoms with Gasteiger partial charge in [-0.15, -0.1) is 11.8 Å². The van der Waals surface area contributed by atoms with Crippen LogP contribution in [-0.4, -0.2) is 18.7 Å². The molecule has 0 bridgehead atoms. The Kier molecular flexibility index (Phi) is 4.69. The van der Waals surface area contributed by atoms with Crippen molar-refractivity contribution in [3.05, 3.63) is 54.1 Å². The zero-order valence-electron chi connectivity index (χ0n) is 11.7. The maximum absolute atomic E-state index is 12.2. The van der Waals surface area contributed by atoms with E-state index in [4.69, 9.17) is 5.73 Å². The SMILES string of the molecule is Cc1ccccc1SCC(=O)N(C)c1ccc(N)cc1. The van der Waals surface area contributed by atoms with Crippen molar-refractivity contribution in [2.75, 3.05) is 23.4 Å². The number of hydrogen-bond acceptors (Lipinski definition) is 3. The van der Waals surface area contributed by atoms with Gasteiger partial charge < -0.3 is 10.6 Å². The first kappa shape index (κ1) is 14.5. The van der Waals surface area contributed by atoms with Crippen molar-refractivity contribution >= 4 is 29.0 Å². The Labute approximate surface area is 123 Å². The third-order valence-corrected chi connectivity index (χ3v) is 4.26. The van der Waals surface area contributed by atoms with Crippen LogP contribution in [0.25, 0.3) is 0 Å². The normalized spacial score (nSPS) is 10.3. The molecule has 0 aliphatic heterocycles. The Morgan fingerprint density at radius 2 is 1.80 bits per heavy atom. The van der Waals surface area contributed by atoms with E-state index >= 15 is 0 Å². The van der Waals surface area contributed by atoms with Gasteiger partial charge >= 0.3 is 0 Å². The minimum Gasteiger partial charge on any atom is -0.399 e. The van der Waals surface area contributed by atoms with E-state index in [1.807, 2.05) is 30.3 Å². The number of nitrogens with two attached hydrogens (primary N) is 1. The molecular formula is C16H18N2OS. The van der Waals surface area contributed by atoms with Gasteiger partial charge in [0.15, 0.2) is 0 Å². The molecule has 2 rings (SSSR count). The van der Waals surface area contributed by atoms with Crippen LogP contribution in [0.1, 0.15) is 5.56 Å². The topological polar surface area (TPSA) is 46.3 Å². The summed E-state index contributed by atoms with van der Waals surface area (Å²) in [5, 5.41) is 0. The number of anilines is 2. The molecule has 0 fully saturated rings. The van der Waals surface area contributed by atoms with Gasteiger partial charge in [-0.25, -0.2) is 0 Å². The number of carbonyl (C=O) groups is 1. The quantitative estimate of drug-likeness (QED) is 0.692. The zero-order chi connectivity index (χ0) is 14.5. The average molecular weight is 286 g/mol. The van der Waals surface area contributed by atoms with Crippen LogP contribution in [0.4, 0.5) is 11.4 Å². The van der Waals surface area contributed by atoms with Gasteiger partial charge in [0.25, 0.3) is 0 Å². The van der Waals surface area contributed by atoms with Gasteiger partial charge in [-0.1, -0.05) is 18.2 Å². The van der Waals surface area contributed by atoms with Crippen molar-refractivity contribution in [3.8, 4) is 0 Å². The minimum atomic E-state index is 0.0722. The molecule has 0 unspecified atom stereocenters. The van der Waals surface area contributed by atoms with Crippen LogP contribution < -0.4 is 10.6 Å². The summed E-state index contributed by atoms with van der Waals surface area (Å²) < 4.78 is 0. The molecular weight excluding hydrogens is 268 g/mol. The summed E-state index contributed by atoms with van der Waals surface area (Å²) in [6.07, 6.45) is 0. The van der Waals surface area contributed by atoms with Crippen molar-refractivity contribution in [1.29, 1.82) is 0 Å². The molecule has 20 heavy (non-hydrogen) atoms. The van der Waals surface area contributed by atoms with Crippen LogP contribution in [0.2, 0.25) is 0 Å². The fourth-order valence-corrected chi connectivity index (χ4v) is 2.74. The monoisotopic (exact) mass is 286 g/mol. The highest BCUT2D eigenvalue weighted by atomic mass is 32.2. The molecule has 0 heterocycles. The Bertz CT molecular complexity index is 596. The number of carbonyl (C=O) groups excluding carboxylic acids is 1. The molecule has 2 aromatic carbocycles. The van der Waals surface area contributed by atoms with Gasteiger partial charge in [0.1, 0.15) is 0 Å². The third kappa shape index (κ3) is 3.54. The Morgan fingerprint density at radius 3 is 2.45 bits per heavy atom. The van der Waals surface area contributed by atoms with E-state index in [-0.39, 0.29) is 5.91 Å². The molecule has 0 spiro atoms. The molecule has 2 aromatic rings. The lowest BCUT2D eigenvalue weighted by Crippen LogP contribution is -2.27. The van der Waals surface area contributed by atoms with Crippen molar-refractivity contribution in [3.63, 3.8) is 0 Å². The zero-order valence-corrected chi connectivity index (χ0v) is 12.5. The van der Waals surface area contributed by atoms with E-state index < -0.39 is 0 Å².